The molecular weight excluding hydrogens is 432 g/mol. The molecule has 170 valence electrons. The number of aromatic nitrogens is 1. The van der Waals surface area contributed by atoms with Gasteiger partial charge < -0.3 is 14.7 Å². The third-order valence-electron chi connectivity index (χ3n) is 5.00. The topological polar surface area (TPSA) is 115 Å². The number of nitrogens with zero attached hydrogens (tertiary/aromatic N) is 2. The lowest BCUT2D eigenvalue weighted by Crippen LogP contribution is -2.24. The van der Waals surface area contributed by atoms with Crippen LogP contribution in [0.3, 0.4) is 0 Å². The first kappa shape index (κ1) is 23.5. The van der Waals surface area contributed by atoms with Gasteiger partial charge in [0.2, 0.25) is 5.88 Å². The molecule has 1 aliphatic carbocycles. The van der Waals surface area contributed by atoms with Crippen LogP contribution >= 0.6 is 0 Å². The Bertz CT molecular complexity index is 1150. The van der Waals surface area contributed by atoms with Crippen LogP contribution in [0.2, 0.25) is 0 Å². The maximum atomic E-state index is 12.8. The second-order valence-electron chi connectivity index (χ2n) is 7.41. The van der Waals surface area contributed by atoms with Gasteiger partial charge in [0, 0.05) is 36.8 Å². The molecule has 1 aliphatic rings. The Morgan fingerprint density at radius 1 is 1.16 bits per heavy atom. The molecule has 32 heavy (non-hydrogen) atoms. The molecule has 0 bridgehead atoms. The van der Waals surface area contributed by atoms with Crippen molar-refractivity contribution in [2.24, 2.45) is 5.16 Å². The van der Waals surface area contributed by atoms with Crippen LogP contribution in [0.4, 0.5) is 0 Å². The number of carbonyl (C=O) groups excluding carboxylic acids is 1. The number of Topliss-reactive ketones (excluding diaryl/α,β-unsaturated/α-hetero) is 1. The summed E-state index contributed by atoms with van der Waals surface area (Å²) in [6.07, 6.45) is 2.05. The summed E-state index contributed by atoms with van der Waals surface area (Å²) in [7, 11) is -3.29. The Kier molecular flexibility index (Phi) is 7.29. The van der Waals surface area contributed by atoms with Crippen LogP contribution in [0.1, 0.15) is 44.7 Å². The number of pyridine rings is 1. The number of benzene rings is 1. The van der Waals surface area contributed by atoms with E-state index in [4.69, 9.17) is 9.57 Å². The van der Waals surface area contributed by atoms with Crippen molar-refractivity contribution in [1.82, 2.24) is 4.98 Å². The summed E-state index contributed by atoms with van der Waals surface area (Å²) in [6.45, 7) is 4.02. The number of aliphatic hydroxyl groups is 1. The lowest BCUT2D eigenvalue weighted by Gasteiger charge is -2.23. The van der Waals surface area contributed by atoms with Crippen molar-refractivity contribution < 1.29 is 27.9 Å². The second kappa shape index (κ2) is 9.95. The van der Waals surface area contributed by atoms with Gasteiger partial charge in [-0.15, -0.1) is 0 Å². The molecule has 8 nitrogen and oxygen atoms in total. The van der Waals surface area contributed by atoms with Gasteiger partial charge in [-0.1, -0.05) is 18.1 Å². The van der Waals surface area contributed by atoms with E-state index in [1.807, 2.05) is 6.92 Å². The number of hydrogen-bond acceptors (Lipinski definition) is 8. The maximum Gasteiger partial charge on any atom is 0.219 e. The normalized spacial score (nSPS) is 17.4. The lowest BCUT2D eigenvalue weighted by molar-refractivity contribution is -0.116. The Morgan fingerprint density at radius 3 is 2.47 bits per heavy atom. The summed E-state index contributed by atoms with van der Waals surface area (Å²) in [5.74, 6) is 0.224. The van der Waals surface area contributed by atoms with E-state index in [1.165, 1.54) is 12.1 Å². The lowest BCUT2D eigenvalue weighted by atomic mass is 9.83. The summed E-state index contributed by atoms with van der Waals surface area (Å²) in [6, 6.07) is 11.3. The van der Waals surface area contributed by atoms with E-state index in [0.29, 0.717) is 36.1 Å². The monoisotopic (exact) mass is 458 g/mol. The third kappa shape index (κ3) is 5.53. The fourth-order valence-electron chi connectivity index (χ4n) is 3.45. The van der Waals surface area contributed by atoms with Crippen LogP contribution in [0.25, 0.3) is 0 Å². The molecular formula is C23H26N2O6S. The fraction of sp³-hybridized carbons (Fsp3) is 0.348. The number of ether oxygens (including phenoxy) is 1. The Labute approximate surface area is 187 Å². The zero-order chi connectivity index (χ0) is 23.3. The van der Waals surface area contributed by atoms with Gasteiger partial charge in [0.15, 0.2) is 15.6 Å². The number of ketones is 1. The average molecular weight is 459 g/mol. The molecule has 0 spiro atoms. The largest absolute Gasteiger partial charge is 0.511 e. The number of allylic oxidation sites excluding steroid dienone is 2. The van der Waals surface area contributed by atoms with Gasteiger partial charge in [-0.2, -0.15) is 0 Å². The van der Waals surface area contributed by atoms with Gasteiger partial charge in [0.05, 0.1) is 16.2 Å². The van der Waals surface area contributed by atoms with Gasteiger partial charge in [-0.05, 0) is 43.7 Å². The smallest absolute Gasteiger partial charge is 0.219 e. The minimum atomic E-state index is -3.29. The zero-order valence-electron chi connectivity index (χ0n) is 18.2. The quantitative estimate of drug-likeness (QED) is 0.462. The highest BCUT2D eigenvalue weighted by molar-refractivity contribution is 7.90. The minimum Gasteiger partial charge on any atom is -0.511 e. The van der Waals surface area contributed by atoms with E-state index in [1.54, 1.807) is 37.3 Å². The summed E-state index contributed by atoms with van der Waals surface area (Å²) < 4.78 is 28.9. The van der Waals surface area contributed by atoms with E-state index < -0.39 is 9.84 Å². The highest BCUT2D eigenvalue weighted by atomic mass is 32.2. The number of hydrogen-bond donors (Lipinski definition) is 1. The van der Waals surface area contributed by atoms with E-state index in [2.05, 4.69) is 10.1 Å². The molecule has 1 unspecified atom stereocenters. The van der Waals surface area contributed by atoms with Gasteiger partial charge >= 0.3 is 0 Å². The van der Waals surface area contributed by atoms with Gasteiger partial charge in [0.1, 0.15) is 18.1 Å². The molecule has 3 rings (SSSR count). The first-order valence-corrected chi connectivity index (χ1v) is 12.2. The number of carbonyl (C=O) groups is 1. The summed E-state index contributed by atoms with van der Waals surface area (Å²) >= 11 is 0. The molecule has 0 saturated carbocycles. The molecule has 1 aromatic carbocycles. The van der Waals surface area contributed by atoms with Crippen LogP contribution < -0.4 is 4.74 Å². The third-order valence-corrected chi connectivity index (χ3v) is 6.13. The predicted molar refractivity (Wildman–Crippen MR) is 120 cm³/mol. The van der Waals surface area contributed by atoms with Crippen LogP contribution in [0.15, 0.2) is 63.8 Å². The number of aliphatic hydroxyl groups excluding tert-OH is 1. The van der Waals surface area contributed by atoms with Crippen molar-refractivity contribution >= 4 is 21.3 Å². The molecule has 9 heteroatoms. The van der Waals surface area contributed by atoms with Crippen LogP contribution in [0.5, 0.6) is 11.6 Å². The molecule has 1 atom stereocenters. The minimum absolute atomic E-state index is 0.0176. The Morgan fingerprint density at radius 2 is 1.88 bits per heavy atom. The van der Waals surface area contributed by atoms with Crippen LogP contribution in [0, 0.1) is 0 Å². The molecule has 0 saturated heterocycles. The Balaban J connectivity index is 1.79. The van der Waals surface area contributed by atoms with Crippen molar-refractivity contribution in [3.8, 4) is 11.6 Å². The van der Waals surface area contributed by atoms with Gasteiger partial charge in [-0.25, -0.2) is 13.4 Å². The van der Waals surface area contributed by atoms with Crippen molar-refractivity contribution in [2.75, 3.05) is 12.9 Å². The molecule has 1 N–H and O–H groups in total. The first-order chi connectivity index (χ1) is 15.2. The van der Waals surface area contributed by atoms with E-state index >= 15 is 0 Å². The second-order valence-corrected chi connectivity index (χ2v) is 9.42. The highest BCUT2D eigenvalue weighted by Crippen LogP contribution is 2.34. The number of sulfone groups is 1. The van der Waals surface area contributed by atoms with Crippen LogP contribution in [-0.2, 0) is 19.5 Å². The molecule has 1 aromatic heterocycles. The number of oxime groups is 1. The number of rotatable bonds is 8. The standard InChI is InChI=1S/C23H26N2O6S/c1-4-18(25-30-5-2)23-20(26)13-15(14-21(23)27)19-7-6-8-22(24-19)31-16-9-11-17(12-10-16)32(3,28)29/h6-12,15,26H,4-5,13-14H2,1-3H3. The Hall–Kier alpha value is -3.20. The van der Waals surface area contributed by atoms with E-state index in [9.17, 15) is 18.3 Å². The van der Waals surface area contributed by atoms with E-state index in [0.717, 1.165) is 6.26 Å². The fourth-order valence-corrected chi connectivity index (χ4v) is 4.08. The van der Waals surface area contributed by atoms with Gasteiger partial charge in [0.25, 0.3) is 0 Å². The molecule has 0 amide bonds. The van der Waals surface area contributed by atoms with E-state index in [-0.39, 0.29) is 40.8 Å². The SMILES string of the molecule is CCON=C(CC)C1=C(O)CC(c2cccc(Oc3ccc(S(C)(=O)=O)cc3)n2)CC1=O. The predicted octanol–water partition coefficient (Wildman–Crippen LogP) is 4.34. The molecule has 2 aromatic rings. The summed E-state index contributed by atoms with van der Waals surface area (Å²) in [4.78, 5) is 22.5. The zero-order valence-corrected chi connectivity index (χ0v) is 19.1. The summed E-state index contributed by atoms with van der Waals surface area (Å²) in [5, 5.41) is 14.6. The van der Waals surface area contributed by atoms with Crippen molar-refractivity contribution in [1.29, 1.82) is 0 Å². The van der Waals surface area contributed by atoms with Crippen molar-refractivity contribution in [3.05, 3.63) is 59.5 Å². The average Bonchev–Trinajstić information content (AvgIpc) is 2.75. The van der Waals surface area contributed by atoms with Crippen molar-refractivity contribution in [2.45, 2.75) is 43.9 Å². The first-order valence-electron chi connectivity index (χ1n) is 10.3. The molecule has 0 aliphatic heterocycles. The summed E-state index contributed by atoms with van der Waals surface area (Å²) in [5.41, 5.74) is 1.29. The molecule has 0 fully saturated rings. The maximum absolute atomic E-state index is 12.8. The van der Waals surface area contributed by atoms with Crippen molar-refractivity contribution in [3.63, 3.8) is 0 Å². The molecule has 0 radical (unpaired) electrons. The highest BCUT2D eigenvalue weighted by Gasteiger charge is 2.32. The van der Waals surface area contributed by atoms with Crippen LogP contribution in [-0.4, -0.2) is 42.9 Å². The van der Waals surface area contributed by atoms with Gasteiger partial charge in [-0.3, -0.25) is 4.79 Å². The molecule has 1 heterocycles.